The number of likely N-dealkylation sites (tertiary alicyclic amines) is 1. The highest BCUT2D eigenvalue weighted by molar-refractivity contribution is 6.30. The number of pyridine rings is 1. The first-order valence-corrected chi connectivity index (χ1v) is 9.98. The summed E-state index contributed by atoms with van der Waals surface area (Å²) in [7, 11) is 0. The van der Waals surface area contributed by atoms with Crippen LogP contribution < -0.4 is 10.6 Å². The minimum atomic E-state index is -0.531. The molecule has 0 aliphatic carbocycles. The maximum atomic E-state index is 13.8. The van der Waals surface area contributed by atoms with Crippen LogP contribution in [0.2, 0.25) is 5.02 Å². The van der Waals surface area contributed by atoms with E-state index in [9.17, 15) is 14.0 Å². The molecule has 6 nitrogen and oxygen atoms in total. The largest absolute Gasteiger partial charge is 0.325 e. The third-order valence-corrected chi connectivity index (χ3v) is 5.31. The Balaban J connectivity index is 1.70. The summed E-state index contributed by atoms with van der Waals surface area (Å²) in [5.41, 5.74) is 0.309. The van der Waals surface area contributed by atoms with Crippen LogP contribution in [0, 0.1) is 11.7 Å². The smallest absolute Gasteiger partial charge is 0.258 e. The van der Waals surface area contributed by atoms with Gasteiger partial charge in [0.15, 0.2) is 0 Å². The molecule has 1 aliphatic heterocycles. The third kappa shape index (κ3) is 5.52. The highest BCUT2D eigenvalue weighted by Gasteiger charge is 2.27. The molecular weight excluding hydrogens is 395 g/mol. The molecule has 0 radical (unpaired) electrons. The zero-order valence-corrected chi connectivity index (χ0v) is 17.2. The molecule has 154 valence electrons. The first-order chi connectivity index (χ1) is 13.8. The average Bonchev–Trinajstić information content (AvgIpc) is 2.69. The molecule has 0 unspecified atom stereocenters. The topological polar surface area (TPSA) is 74.3 Å². The van der Waals surface area contributed by atoms with Gasteiger partial charge in [0.1, 0.15) is 11.6 Å². The van der Waals surface area contributed by atoms with E-state index in [0.717, 1.165) is 32.0 Å². The van der Waals surface area contributed by atoms with Crippen molar-refractivity contribution in [3.63, 3.8) is 0 Å². The molecule has 2 heterocycles. The molecule has 2 N–H and O–H groups in total. The van der Waals surface area contributed by atoms with E-state index in [2.05, 4.69) is 34.4 Å². The van der Waals surface area contributed by atoms with Crippen molar-refractivity contribution in [2.24, 2.45) is 5.92 Å². The van der Waals surface area contributed by atoms with Crippen molar-refractivity contribution in [3.8, 4) is 0 Å². The fourth-order valence-corrected chi connectivity index (χ4v) is 3.48. The monoisotopic (exact) mass is 418 g/mol. The standard InChI is InChI=1S/C21H24ClFN4O2/c1-13(2)27-9-7-14(8-10-27)20(28)25-18-11-16(23)4-5-17(18)21(29)26-19-6-3-15(22)12-24-19/h3-6,11-14H,7-10H2,1-2H3,(H,25,28)(H,24,26,29). The number of aromatic nitrogens is 1. The molecule has 1 fully saturated rings. The fraction of sp³-hybridized carbons (Fsp3) is 0.381. The number of rotatable bonds is 5. The molecule has 29 heavy (non-hydrogen) atoms. The van der Waals surface area contributed by atoms with Crippen LogP contribution in [0.25, 0.3) is 0 Å². The number of benzene rings is 1. The van der Waals surface area contributed by atoms with Gasteiger partial charge >= 0.3 is 0 Å². The quantitative estimate of drug-likeness (QED) is 0.763. The molecule has 1 aromatic heterocycles. The minimum Gasteiger partial charge on any atom is -0.325 e. The lowest BCUT2D eigenvalue weighted by molar-refractivity contribution is -0.121. The number of hydrogen-bond donors (Lipinski definition) is 2. The number of nitrogens with zero attached hydrogens (tertiary/aromatic N) is 2. The van der Waals surface area contributed by atoms with Gasteiger partial charge in [-0.1, -0.05) is 11.6 Å². The van der Waals surface area contributed by atoms with Gasteiger partial charge in [-0.3, -0.25) is 9.59 Å². The summed E-state index contributed by atoms with van der Waals surface area (Å²) in [5, 5.41) is 5.81. The predicted molar refractivity (Wildman–Crippen MR) is 112 cm³/mol. The van der Waals surface area contributed by atoms with Gasteiger partial charge in [0.25, 0.3) is 5.91 Å². The maximum absolute atomic E-state index is 13.8. The van der Waals surface area contributed by atoms with Gasteiger partial charge in [-0.2, -0.15) is 0 Å². The molecule has 0 saturated carbocycles. The molecule has 0 bridgehead atoms. The van der Waals surface area contributed by atoms with Crippen LogP contribution in [-0.2, 0) is 4.79 Å². The van der Waals surface area contributed by atoms with Gasteiger partial charge in [-0.05, 0) is 70.1 Å². The highest BCUT2D eigenvalue weighted by Crippen LogP contribution is 2.24. The van der Waals surface area contributed by atoms with Crippen molar-refractivity contribution < 1.29 is 14.0 Å². The van der Waals surface area contributed by atoms with E-state index in [1.807, 2.05) is 0 Å². The summed E-state index contributed by atoms with van der Waals surface area (Å²) in [6, 6.07) is 7.29. The summed E-state index contributed by atoms with van der Waals surface area (Å²) >= 11 is 5.80. The Morgan fingerprint density at radius 1 is 1.17 bits per heavy atom. The lowest BCUT2D eigenvalue weighted by Crippen LogP contribution is -2.41. The Hall–Kier alpha value is -2.51. The second kappa shape index (κ2) is 9.33. The summed E-state index contributed by atoms with van der Waals surface area (Å²) in [5.74, 6) is -1.08. The molecule has 1 saturated heterocycles. The van der Waals surface area contributed by atoms with Crippen molar-refractivity contribution in [2.45, 2.75) is 32.7 Å². The van der Waals surface area contributed by atoms with Gasteiger partial charge in [0.2, 0.25) is 5.91 Å². The number of carbonyl (C=O) groups is 2. The molecule has 2 amide bonds. The zero-order valence-electron chi connectivity index (χ0n) is 16.4. The zero-order chi connectivity index (χ0) is 21.0. The van der Waals surface area contributed by atoms with Crippen LogP contribution in [0.3, 0.4) is 0 Å². The van der Waals surface area contributed by atoms with E-state index < -0.39 is 11.7 Å². The predicted octanol–water partition coefficient (Wildman–Crippen LogP) is 4.19. The Morgan fingerprint density at radius 3 is 2.52 bits per heavy atom. The van der Waals surface area contributed by atoms with Crippen molar-refractivity contribution >= 4 is 34.9 Å². The van der Waals surface area contributed by atoms with Crippen molar-refractivity contribution in [1.82, 2.24) is 9.88 Å². The molecule has 1 aliphatic rings. The van der Waals surface area contributed by atoms with E-state index in [0.29, 0.717) is 16.9 Å². The van der Waals surface area contributed by atoms with Crippen LogP contribution in [0.1, 0.15) is 37.0 Å². The van der Waals surface area contributed by atoms with Crippen LogP contribution in [0.15, 0.2) is 36.5 Å². The second-order valence-corrected chi connectivity index (χ2v) is 7.84. The van der Waals surface area contributed by atoms with Gasteiger partial charge in [-0.25, -0.2) is 9.37 Å². The summed E-state index contributed by atoms with van der Waals surface area (Å²) in [4.78, 5) is 31.7. The van der Waals surface area contributed by atoms with Gasteiger partial charge in [0, 0.05) is 18.2 Å². The van der Waals surface area contributed by atoms with E-state index >= 15 is 0 Å². The lowest BCUT2D eigenvalue weighted by Gasteiger charge is -2.34. The van der Waals surface area contributed by atoms with Crippen molar-refractivity contribution in [1.29, 1.82) is 0 Å². The molecule has 2 aromatic rings. The highest BCUT2D eigenvalue weighted by atomic mass is 35.5. The maximum Gasteiger partial charge on any atom is 0.258 e. The van der Waals surface area contributed by atoms with E-state index in [4.69, 9.17) is 11.6 Å². The first-order valence-electron chi connectivity index (χ1n) is 9.61. The Kier molecular flexibility index (Phi) is 6.82. The summed E-state index contributed by atoms with van der Waals surface area (Å²) in [6.07, 6.45) is 2.87. The summed E-state index contributed by atoms with van der Waals surface area (Å²) < 4.78 is 13.8. The normalized spacial score (nSPS) is 15.3. The van der Waals surface area contributed by atoms with Crippen molar-refractivity contribution in [3.05, 3.63) is 52.9 Å². The average molecular weight is 419 g/mol. The SMILES string of the molecule is CC(C)N1CCC(C(=O)Nc2cc(F)ccc2C(=O)Nc2ccc(Cl)cn2)CC1. The number of amides is 2. The molecule has 0 atom stereocenters. The minimum absolute atomic E-state index is 0.146. The molecule has 1 aromatic carbocycles. The Labute approximate surface area is 174 Å². The second-order valence-electron chi connectivity index (χ2n) is 7.40. The fourth-order valence-electron chi connectivity index (χ4n) is 3.36. The van der Waals surface area contributed by atoms with Gasteiger partial charge in [0.05, 0.1) is 16.3 Å². The number of halogens is 2. The van der Waals surface area contributed by atoms with Gasteiger partial charge in [-0.15, -0.1) is 0 Å². The molecule has 3 rings (SSSR count). The van der Waals surface area contributed by atoms with Crippen LogP contribution in [0.4, 0.5) is 15.9 Å². The first kappa shape index (κ1) is 21.2. The summed E-state index contributed by atoms with van der Waals surface area (Å²) in [6.45, 7) is 5.95. The van der Waals surface area contributed by atoms with Crippen LogP contribution in [-0.4, -0.2) is 40.8 Å². The number of piperidine rings is 1. The molecule has 0 spiro atoms. The van der Waals surface area contributed by atoms with Gasteiger partial charge < -0.3 is 15.5 Å². The van der Waals surface area contributed by atoms with E-state index in [1.54, 1.807) is 12.1 Å². The Morgan fingerprint density at radius 2 is 1.90 bits per heavy atom. The third-order valence-electron chi connectivity index (χ3n) is 5.08. The lowest BCUT2D eigenvalue weighted by atomic mass is 9.95. The number of carbonyl (C=O) groups excluding carboxylic acids is 2. The molecule has 8 heteroatoms. The van der Waals surface area contributed by atoms with Crippen LogP contribution >= 0.6 is 11.6 Å². The van der Waals surface area contributed by atoms with E-state index in [-0.39, 0.29) is 23.1 Å². The number of hydrogen-bond acceptors (Lipinski definition) is 4. The van der Waals surface area contributed by atoms with E-state index in [1.165, 1.54) is 18.3 Å². The number of anilines is 2. The number of nitrogens with one attached hydrogen (secondary N) is 2. The molecular formula is C21H24ClFN4O2. The van der Waals surface area contributed by atoms with Crippen LogP contribution in [0.5, 0.6) is 0 Å². The van der Waals surface area contributed by atoms with Crippen molar-refractivity contribution in [2.75, 3.05) is 23.7 Å². The Bertz CT molecular complexity index is 881.